The molecule has 0 spiro atoms. The Kier molecular flexibility index (Phi) is 11.0. The zero-order valence-corrected chi connectivity index (χ0v) is 13.0. The normalized spacial score (nSPS) is 12.7. The molecule has 6 nitrogen and oxygen atoms in total. The number of aromatic nitrogens is 2. The van der Waals surface area contributed by atoms with Crippen LogP contribution in [0.2, 0.25) is 0 Å². The molecule has 0 fully saturated rings. The van der Waals surface area contributed by atoms with E-state index in [1.807, 2.05) is 16.9 Å². The van der Waals surface area contributed by atoms with Gasteiger partial charge in [-0.05, 0) is 25.5 Å². The van der Waals surface area contributed by atoms with Gasteiger partial charge in [0.1, 0.15) is 0 Å². The molecular weight excluding hydrogens is 270 g/mol. The Morgan fingerprint density at radius 3 is 2.86 bits per heavy atom. The Bertz CT molecular complexity index is 320. The molecule has 1 aromatic rings. The van der Waals surface area contributed by atoms with Crippen LogP contribution in [0.5, 0.6) is 0 Å². The predicted molar refractivity (Wildman–Crippen MR) is 82.3 cm³/mol. The highest BCUT2D eigenvalue weighted by atomic mass is 16.5. The molecule has 1 atom stereocenters. The second-order valence-corrected chi connectivity index (χ2v) is 5.02. The van der Waals surface area contributed by atoms with Gasteiger partial charge in [0.2, 0.25) is 0 Å². The number of aliphatic hydroxyl groups excluding tert-OH is 1. The minimum atomic E-state index is -0.467. The molecule has 0 aliphatic carbocycles. The van der Waals surface area contributed by atoms with Crippen molar-refractivity contribution in [2.75, 3.05) is 39.5 Å². The van der Waals surface area contributed by atoms with E-state index in [0.717, 1.165) is 39.0 Å². The first-order valence-electron chi connectivity index (χ1n) is 7.84. The summed E-state index contributed by atoms with van der Waals surface area (Å²) in [6.07, 6.45) is 6.48. The number of hydrogen-bond acceptors (Lipinski definition) is 5. The third-order valence-corrected chi connectivity index (χ3v) is 3.00. The third-order valence-electron chi connectivity index (χ3n) is 3.00. The maximum atomic E-state index is 9.73. The molecule has 0 amide bonds. The molecule has 1 heterocycles. The van der Waals surface area contributed by atoms with Gasteiger partial charge >= 0.3 is 0 Å². The monoisotopic (exact) mass is 299 g/mol. The van der Waals surface area contributed by atoms with Crippen molar-refractivity contribution in [1.82, 2.24) is 15.1 Å². The molecule has 1 rings (SSSR count). The molecule has 0 radical (unpaired) electrons. The summed E-state index contributed by atoms with van der Waals surface area (Å²) in [6.45, 7) is 6.72. The van der Waals surface area contributed by atoms with Crippen LogP contribution in [0.4, 0.5) is 0 Å². The zero-order chi connectivity index (χ0) is 15.2. The Labute approximate surface area is 127 Å². The number of hydrogen-bond donors (Lipinski definition) is 2. The van der Waals surface area contributed by atoms with E-state index in [1.54, 1.807) is 6.20 Å². The highest BCUT2D eigenvalue weighted by Crippen LogP contribution is 1.90. The quantitative estimate of drug-likeness (QED) is 0.503. The second kappa shape index (κ2) is 12.8. The van der Waals surface area contributed by atoms with Gasteiger partial charge < -0.3 is 19.9 Å². The fourth-order valence-corrected chi connectivity index (χ4v) is 1.81. The molecule has 1 aromatic heterocycles. The van der Waals surface area contributed by atoms with E-state index in [-0.39, 0.29) is 0 Å². The Morgan fingerprint density at radius 2 is 2.10 bits per heavy atom. The van der Waals surface area contributed by atoms with Gasteiger partial charge in [-0.25, -0.2) is 0 Å². The molecule has 2 N–H and O–H groups in total. The fourth-order valence-electron chi connectivity index (χ4n) is 1.81. The summed E-state index contributed by atoms with van der Waals surface area (Å²) < 4.78 is 12.6. The minimum absolute atomic E-state index is 0.350. The molecule has 0 aliphatic heterocycles. The van der Waals surface area contributed by atoms with Crippen molar-refractivity contribution >= 4 is 0 Å². The van der Waals surface area contributed by atoms with Gasteiger partial charge in [-0.1, -0.05) is 13.3 Å². The van der Waals surface area contributed by atoms with Crippen molar-refractivity contribution in [1.29, 1.82) is 0 Å². The average Bonchev–Trinajstić information content (AvgIpc) is 2.99. The van der Waals surface area contributed by atoms with E-state index in [2.05, 4.69) is 17.3 Å². The standard InChI is InChI=1S/C15H29N3O3/c1-2-3-10-20-11-12-21-14-15(19)13-16-6-4-8-18-9-5-7-17-18/h5,7,9,15-16,19H,2-4,6,8,10-14H2,1H3. The first-order valence-corrected chi connectivity index (χ1v) is 7.84. The van der Waals surface area contributed by atoms with Crippen molar-refractivity contribution in [3.05, 3.63) is 18.5 Å². The van der Waals surface area contributed by atoms with Crippen molar-refractivity contribution < 1.29 is 14.6 Å². The molecule has 21 heavy (non-hydrogen) atoms. The van der Waals surface area contributed by atoms with Crippen LogP contribution in [0, 0.1) is 0 Å². The SMILES string of the molecule is CCCCOCCOCC(O)CNCCCn1cccn1. The highest BCUT2D eigenvalue weighted by Gasteiger charge is 2.03. The minimum Gasteiger partial charge on any atom is -0.389 e. The van der Waals surface area contributed by atoms with E-state index in [4.69, 9.17) is 9.47 Å². The van der Waals surface area contributed by atoms with Gasteiger partial charge in [0.25, 0.3) is 0 Å². The largest absolute Gasteiger partial charge is 0.389 e. The number of unbranched alkanes of at least 4 members (excludes halogenated alkanes) is 1. The van der Waals surface area contributed by atoms with Crippen LogP contribution < -0.4 is 5.32 Å². The van der Waals surface area contributed by atoms with E-state index in [9.17, 15) is 5.11 Å². The van der Waals surface area contributed by atoms with E-state index < -0.39 is 6.10 Å². The Balaban J connectivity index is 1.82. The lowest BCUT2D eigenvalue weighted by Crippen LogP contribution is -2.31. The number of nitrogens with zero attached hydrogens (tertiary/aromatic N) is 2. The molecule has 0 aliphatic rings. The molecule has 0 bridgehead atoms. The Morgan fingerprint density at radius 1 is 1.24 bits per heavy atom. The van der Waals surface area contributed by atoms with E-state index in [0.29, 0.717) is 26.4 Å². The molecule has 0 aromatic carbocycles. The maximum Gasteiger partial charge on any atom is 0.0897 e. The molecule has 0 saturated heterocycles. The summed E-state index contributed by atoms with van der Waals surface area (Å²) in [7, 11) is 0. The van der Waals surface area contributed by atoms with Crippen molar-refractivity contribution in [3.8, 4) is 0 Å². The first-order chi connectivity index (χ1) is 10.3. The summed E-state index contributed by atoms with van der Waals surface area (Å²) in [6, 6.07) is 1.92. The van der Waals surface area contributed by atoms with Crippen molar-refractivity contribution in [2.45, 2.75) is 38.8 Å². The first kappa shape index (κ1) is 18.1. The van der Waals surface area contributed by atoms with Crippen LogP contribution in [-0.4, -0.2) is 60.5 Å². The summed E-state index contributed by atoms with van der Waals surface area (Å²) in [4.78, 5) is 0. The lowest BCUT2D eigenvalue weighted by Gasteiger charge is -2.12. The van der Waals surface area contributed by atoms with Crippen molar-refractivity contribution in [3.63, 3.8) is 0 Å². The lowest BCUT2D eigenvalue weighted by molar-refractivity contribution is 0.00396. The van der Waals surface area contributed by atoms with Crippen LogP contribution >= 0.6 is 0 Å². The Hall–Kier alpha value is -0.950. The number of aryl methyl sites for hydroxylation is 1. The predicted octanol–water partition coefficient (Wildman–Crippen LogP) is 1.06. The van der Waals surface area contributed by atoms with Crippen LogP contribution in [0.3, 0.4) is 0 Å². The molecule has 6 heteroatoms. The maximum absolute atomic E-state index is 9.73. The van der Waals surface area contributed by atoms with E-state index in [1.165, 1.54) is 0 Å². The summed E-state index contributed by atoms with van der Waals surface area (Å²) in [5, 5.41) is 17.1. The number of nitrogens with one attached hydrogen (secondary N) is 1. The van der Waals surface area contributed by atoms with Crippen molar-refractivity contribution in [2.24, 2.45) is 0 Å². The molecule has 0 saturated carbocycles. The van der Waals surface area contributed by atoms with Gasteiger partial charge in [0.05, 0.1) is 25.9 Å². The summed E-state index contributed by atoms with van der Waals surface area (Å²) in [5.74, 6) is 0. The van der Waals surface area contributed by atoms with Gasteiger partial charge in [0.15, 0.2) is 0 Å². The molecular formula is C15H29N3O3. The summed E-state index contributed by atoms with van der Waals surface area (Å²) >= 11 is 0. The smallest absolute Gasteiger partial charge is 0.0897 e. The van der Waals surface area contributed by atoms with Gasteiger partial charge in [-0.15, -0.1) is 0 Å². The fraction of sp³-hybridized carbons (Fsp3) is 0.800. The third kappa shape index (κ3) is 10.4. The zero-order valence-electron chi connectivity index (χ0n) is 13.0. The molecule has 122 valence electrons. The number of rotatable bonds is 14. The number of ether oxygens (including phenoxy) is 2. The molecule has 1 unspecified atom stereocenters. The van der Waals surface area contributed by atoms with Gasteiger partial charge in [0, 0.05) is 32.1 Å². The topological polar surface area (TPSA) is 68.5 Å². The van der Waals surface area contributed by atoms with Gasteiger partial charge in [-0.3, -0.25) is 4.68 Å². The average molecular weight is 299 g/mol. The number of aliphatic hydroxyl groups is 1. The summed E-state index contributed by atoms with van der Waals surface area (Å²) in [5.41, 5.74) is 0. The van der Waals surface area contributed by atoms with Crippen LogP contribution in [0.25, 0.3) is 0 Å². The lowest BCUT2D eigenvalue weighted by atomic mass is 10.3. The van der Waals surface area contributed by atoms with Crippen LogP contribution in [0.15, 0.2) is 18.5 Å². The second-order valence-electron chi connectivity index (χ2n) is 5.02. The van der Waals surface area contributed by atoms with Crippen LogP contribution in [-0.2, 0) is 16.0 Å². The van der Waals surface area contributed by atoms with Gasteiger partial charge in [-0.2, -0.15) is 5.10 Å². The van der Waals surface area contributed by atoms with Crippen LogP contribution in [0.1, 0.15) is 26.2 Å². The van der Waals surface area contributed by atoms with E-state index >= 15 is 0 Å². The highest BCUT2D eigenvalue weighted by molar-refractivity contribution is 4.77.